The summed E-state index contributed by atoms with van der Waals surface area (Å²) < 4.78 is 28.4. The molecule has 2 atom stereocenters. The van der Waals surface area contributed by atoms with Crippen molar-refractivity contribution in [2.24, 2.45) is 5.92 Å². The maximum atomic E-state index is 12.9. The number of anilines is 1. The van der Waals surface area contributed by atoms with Crippen LogP contribution in [0.2, 0.25) is 0 Å². The first-order chi connectivity index (χ1) is 14.3. The van der Waals surface area contributed by atoms with Crippen LogP contribution in [0.1, 0.15) is 24.1 Å². The zero-order valence-electron chi connectivity index (χ0n) is 16.5. The van der Waals surface area contributed by atoms with Gasteiger partial charge in [-0.1, -0.05) is 61.0 Å². The molecule has 1 aromatic heterocycles. The Labute approximate surface area is 180 Å². The molecule has 0 fully saturated rings. The van der Waals surface area contributed by atoms with Gasteiger partial charge in [-0.15, -0.1) is 11.3 Å². The van der Waals surface area contributed by atoms with E-state index in [1.54, 1.807) is 60.8 Å². The molecule has 0 aliphatic heterocycles. The highest BCUT2D eigenvalue weighted by molar-refractivity contribution is 7.91. The van der Waals surface area contributed by atoms with Crippen molar-refractivity contribution in [2.75, 3.05) is 5.32 Å². The highest BCUT2D eigenvalue weighted by Gasteiger charge is 2.33. The fourth-order valence-corrected chi connectivity index (χ4v) is 5.26. The van der Waals surface area contributed by atoms with Gasteiger partial charge < -0.3 is 5.32 Å². The summed E-state index contributed by atoms with van der Waals surface area (Å²) in [4.78, 5) is 25.4. The summed E-state index contributed by atoms with van der Waals surface area (Å²) >= 11 is 1.08. The predicted octanol–water partition coefficient (Wildman–Crippen LogP) is 3.92. The van der Waals surface area contributed by atoms with Gasteiger partial charge in [-0.25, -0.2) is 13.1 Å². The quantitative estimate of drug-likeness (QED) is 0.517. The molecular weight excluding hydrogens is 420 g/mol. The molecule has 6 nitrogen and oxygen atoms in total. The van der Waals surface area contributed by atoms with E-state index in [4.69, 9.17) is 0 Å². The highest BCUT2D eigenvalue weighted by atomic mass is 32.2. The van der Waals surface area contributed by atoms with Crippen LogP contribution in [0.5, 0.6) is 0 Å². The smallest absolute Gasteiger partial charge is 0.292 e. The Morgan fingerprint density at radius 2 is 1.60 bits per heavy atom. The number of Topliss-reactive ketones (excluding diaryl/α,β-unsaturated/α-hetero) is 1. The van der Waals surface area contributed by atoms with Gasteiger partial charge in [-0.05, 0) is 36.1 Å². The summed E-state index contributed by atoms with van der Waals surface area (Å²) in [6.45, 7) is 3.46. The number of nitrogens with one attached hydrogen (secondary N) is 2. The van der Waals surface area contributed by atoms with Gasteiger partial charge in [-0.2, -0.15) is 0 Å². The lowest BCUT2D eigenvalue weighted by Crippen LogP contribution is -2.39. The molecule has 3 aromatic rings. The number of amides is 1. The van der Waals surface area contributed by atoms with Gasteiger partial charge >= 0.3 is 0 Å². The molecule has 0 aliphatic carbocycles. The van der Waals surface area contributed by atoms with Crippen molar-refractivity contribution in [3.63, 3.8) is 0 Å². The minimum Gasteiger partial charge on any atom is -0.319 e. The minimum absolute atomic E-state index is 0.146. The molecule has 1 amide bonds. The second-order valence-corrected chi connectivity index (χ2v) is 9.80. The van der Waals surface area contributed by atoms with Gasteiger partial charge in [0, 0.05) is 11.6 Å². The first-order valence-corrected chi connectivity index (χ1v) is 11.7. The second-order valence-electron chi connectivity index (χ2n) is 6.91. The Balaban J connectivity index is 1.87. The Morgan fingerprint density at radius 1 is 0.933 bits per heavy atom. The van der Waals surface area contributed by atoms with Crippen LogP contribution in [0.15, 0.2) is 76.3 Å². The predicted molar refractivity (Wildman–Crippen MR) is 118 cm³/mol. The molecule has 0 saturated carbocycles. The number of para-hydroxylation sites is 1. The Bertz CT molecular complexity index is 1110. The number of carbonyl (C=O) groups is 2. The fraction of sp³-hybridized carbons (Fsp3) is 0.182. The van der Waals surface area contributed by atoms with Crippen LogP contribution in [0, 0.1) is 12.8 Å². The normalized spacial score (nSPS) is 13.4. The van der Waals surface area contributed by atoms with E-state index in [-0.39, 0.29) is 4.21 Å². The molecule has 30 heavy (non-hydrogen) atoms. The van der Waals surface area contributed by atoms with Crippen molar-refractivity contribution in [3.05, 3.63) is 83.2 Å². The molecule has 0 saturated heterocycles. The van der Waals surface area contributed by atoms with Crippen molar-refractivity contribution < 1.29 is 18.0 Å². The molecule has 156 valence electrons. The SMILES string of the molecule is Cc1ccc([C@H](NS(=O)(=O)c2cccs2)[C@@H](C)C(=O)C(=O)Nc2ccccc2)cc1. The number of rotatable bonds is 8. The van der Waals surface area contributed by atoms with Gasteiger partial charge in [0.15, 0.2) is 0 Å². The Kier molecular flexibility index (Phi) is 6.81. The van der Waals surface area contributed by atoms with Crippen LogP contribution in [-0.2, 0) is 19.6 Å². The maximum absolute atomic E-state index is 12.9. The summed E-state index contributed by atoms with van der Waals surface area (Å²) in [6, 6.07) is 18.1. The van der Waals surface area contributed by atoms with E-state index in [0.29, 0.717) is 11.3 Å². The number of aryl methyl sites for hydroxylation is 1. The lowest BCUT2D eigenvalue weighted by molar-refractivity contribution is -0.137. The van der Waals surface area contributed by atoms with Crippen LogP contribution in [0.25, 0.3) is 0 Å². The zero-order valence-corrected chi connectivity index (χ0v) is 18.2. The van der Waals surface area contributed by atoms with Crippen molar-refractivity contribution >= 4 is 38.7 Å². The van der Waals surface area contributed by atoms with Crippen molar-refractivity contribution in [1.82, 2.24) is 4.72 Å². The average Bonchev–Trinajstić information content (AvgIpc) is 3.28. The van der Waals surface area contributed by atoms with E-state index in [1.807, 2.05) is 19.1 Å². The molecule has 0 spiro atoms. The lowest BCUT2D eigenvalue weighted by Gasteiger charge is -2.24. The van der Waals surface area contributed by atoms with Gasteiger partial charge in [0.1, 0.15) is 4.21 Å². The Hall–Kier alpha value is -2.81. The fourth-order valence-electron chi connectivity index (χ4n) is 2.95. The molecule has 0 bridgehead atoms. The third kappa shape index (κ3) is 5.21. The number of ketones is 1. The summed E-state index contributed by atoms with van der Waals surface area (Å²) in [5.74, 6) is -2.43. The second kappa shape index (κ2) is 9.34. The van der Waals surface area contributed by atoms with Crippen molar-refractivity contribution in [2.45, 2.75) is 24.1 Å². The molecule has 0 aliphatic rings. The maximum Gasteiger partial charge on any atom is 0.292 e. The van der Waals surface area contributed by atoms with Crippen molar-refractivity contribution in [3.8, 4) is 0 Å². The zero-order chi connectivity index (χ0) is 21.7. The summed E-state index contributed by atoms with van der Waals surface area (Å²) in [7, 11) is -3.85. The van der Waals surface area contributed by atoms with E-state index in [1.165, 1.54) is 6.07 Å². The van der Waals surface area contributed by atoms with Crippen LogP contribution < -0.4 is 10.0 Å². The first kappa shape index (κ1) is 21.9. The van der Waals surface area contributed by atoms with Crippen molar-refractivity contribution in [1.29, 1.82) is 0 Å². The topological polar surface area (TPSA) is 92.3 Å². The Morgan fingerprint density at radius 3 is 2.20 bits per heavy atom. The standard InChI is InChI=1S/C22H22N2O4S2/c1-15-10-12-17(13-11-15)20(24-30(27,28)19-9-6-14-29-19)16(2)21(25)22(26)23-18-7-4-3-5-8-18/h3-14,16,20,24H,1-2H3,(H,23,26)/t16-,20-/m1/s1. The number of benzene rings is 2. The van der Waals surface area contributed by atoms with Crippen LogP contribution >= 0.6 is 11.3 Å². The van der Waals surface area contributed by atoms with Crippen LogP contribution in [0.3, 0.4) is 0 Å². The average molecular weight is 443 g/mol. The monoisotopic (exact) mass is 442 g/mol. The number of carbonyl (C=O) groups excluding carboxylic acids is 2. The van der Waals surface area contributed by atoms with Gasteiger partial charge in [0.2, 0.25) is 5.78 Å². The number of hydrogen-bond donors (Lipinski definition) is 2. The molecular formula is C22H22N2O4S2. The number of thiophene rings is 1. The number of sulfonamides is 1. The van der Waals surface area contributed by atoms with Gasteiger partial charge in [0.05, 0.1) is 6.04 Å². The summed E-state index contributed by atoms with van der Waals surface area (Å²) in [5.41, 5.74) is 2.10. The van der Waals surface area contributed by atoms with Gasteiger partial charge in [0.25, 0.3) is 15.9 Å². The molecule has 2 aromatic carbocycles. The van der Waals surface area contributed by atoms with E-state index >= 15 is 0 Å². The molecule has 2 N–H and O–H groups in total. The third-order valence-corrected chi connectivity index (χ3v) is 7.49. The van der Waals surface area contributed by atoms with E-state index in [2.05, 4.69) is 10.0 Å². The molecule has 3 rings (SSSR count). The largest absolute Gasteiger partial charge is 0.319 e. The summed E-state index contributed by atoms with van der Waals surface area (Å²) in [6.07, 6.45) is 0. The molecule has 0 unspecified atom stereocenters. The lowest BCUT2D eigenvalue weighted by atomic mass is 9.91. The number of hydrogen-bond acceptors (Lipinski definition) is 5. The third-order valence-electron chi connectivity index (χ3n) is 4.65. The summed E-state index contributed by atoms with van der Waals surface area (Å²) in [5, 5.41) is 4.23. The minimum atomic E-state index is -3.85. The van der Waals surface area contributed by atoms with E-state index < -0.39 is 33.7 Å². The molecule has 0 radical (unpaired) electrons. The first-order valence-electron chi connectivity index (χ1n) is 9.30. The van der Waals surface area contributed by atoms with E-state index in [0.717, 1.165) is 16.9 Å². The molecule has 1 heterocycles. The van der Waals surface area contributed by atoms with Gasteiger partial charge in [-0.3, -0.25) is 9.59 Å². The van der Waals surface area contributed by atoms with E-state index in [9.17, 15) is 18.0 Å². The van der Waals surface area contributed by atoms with Crippen LogP contribution in [0.4, 0.5) is 5.69 Å². The van der Waals surface area contributed by atoms with Crippen LogP contribution in [-0.4, -0.2) is 20.1 Å². The highest BCUT2D eigenvalue weighted by Crippen LogP contribution is 2.27. The molecule has 8 heteroatoms.